The minimum absolute atomic E-state index is 0.00538. The Bertz CT molecular complexity index is 565. The molecule has 5 nitrogen and oxygen atoms in total. The average Bonchev–Trinajstić information content (AvgIpc) is 2.70. The smallest absolute Gasteiger partial charge is 0.339 e. The van der Waals surface area contributed by atoms with Crippen LogP contribution in [0.2, 0.25) is 5.02 Å². The number of carbonyl (C=O) groups is 2. The third-order valence-corrected chi connectivity index (χ3v) is 3.19. The van der Waals surface area contributed by atoms with Gasteiger partial charge >= 0.3 is 5.97 Å². The van der Waals surface area contributed by atoms with E-state index in [1.807, 2.05) is 0 Å². The molecule has 0 saturated heterocycles. The highest BCUT2D eigenvalue weighted by Gasteiger charge is 2.34. The van der Waals surface area contributed by atoms with Gasteiger partial charge in [-0.3, -0.25) is 4.79 Å². The summed E-state index contributed by atoms with van der Waals surface area (Å²) in [6, 6.07) is 7.01. The lowest BCUT2D eigenvalue weighted by atomic mass is 10.2. The van der Waals surface area contributed by atoms with E-state index < -0.39 is 17.6 Å². The number of nitrogens with zero attached hydrogens (tertiary/aromatic N) is 1. The molecule has 0 aromatic heterocycles. The van der Waals surface area contributed by atoms with Crippen LogP contribution in [0.15, 0.2) is 35.6 Å². The van der Waals surface area contributed by atoms with E-state index in [1.54, 1.807) is 31.2 Å². The third-order valence-electron chi connectivity index (χ3n) is 2.93. The summed E-state index contributed by atoms with van der Waals surface area (Å²) in [7, 11) is 0. The second-order valence-corrected chi connectivity index (χ2v) is 4.77. The average molecular weight is 296 g/mol. The van der Waals surface area contributed by atoms with Crippen LogP contribution in [0.1, 0.15) is 12.5 Å². The zero-order valence-corrected chi connectivity index (χ0v) is 11.7. The van der Waals surface area contributed by atoms with E-state index >= 15 is 0 Å². The Kier molecular flexibility index (Phi) is 4.29. The molecule has 0 bridgehead atoms. The Morgan fingerprint density at radius 2 is 2.05 bits per heavy atom. The van der Waals surface area contributed by atoms with Gasteiger partial charge in [-0.2, -0.15) is 0 Å². The van der Waals surface area contributed by atoms with Crippen molar-refractivity contribution >= 4 is 23.5 Å². The first-order valence-corrected chi connectivity index (χ1v) is 6.53. The van der Waals surface area contributed by atoms with Crippen LogP contribution >= 0.6 is 11.6 Å². The van der Waals surface area contributed by atoms with Gasteiger partial charge in [0.25, 0.3) is 5.91 Å². The van der Waals surface area contributed by atoms with Gasteiger partial charge in [0.05, 0.1) is 13.2 Å². The van der Waals surface area contributed by atoms with Crippen molar-refractivity contribution in [3.05, 3.63) is 46.2 Å². The number of amides is 1. The van der Waals surface area contributed by atoms with E-state index in [1.165, 1.54) is 4.90 Å². The molecular weight excluding hydrogens is 282 g/mol. The number of esters is 1. The maximum atomic E-state index is 11.9. The number of ether oxygens (including phenoxy) is 1. The maximum absolute atomic E-state index is 11.9. The van der Waals surface area contributed by atoms with Crippen molar-refractivity contribution in [3.63, 3.8) is 0 Å². The second kappa shape index (κ2) is 5.96. The lowest BCUT2D eigenvalue weighted by molar-refractivity contribution is -0.138. The molecule has 0 fully saturated rings. The Balaban J connectivity index is 2.08. The molecule has 106 valence electrons. The zero-order valence-electron chi connectivity index (χ0n) is 10.9. The van der Waals surface area contributed by atoms with Crippen molar-refractivity contribution in [1.29, 1.82) is 0 Å². The molecule has 0 spiro atoms. The van der Waals surface area contributed by atoms with Crippen molar-refractivity contribution in [1.82, 2.24) is 4.90 Å². The summed E-state index contributed by atoms with van der Waals surface area (Å²) in [5.41, 5.74) is 0.867. The summed E-state index contributed by atoms with van der Waals surface area (Å²) in [5, 5.41) is 10.3. The first-order valence-electron chi connectivity index (χ1n) is 6.16. The van der Waals surface area contributed by atoms with Crippen molar-refractivity contribution in [3.8, 4) is 0 Å². The minimum atomic E-state index is -0.656. The number of aliphatic hydroxyl groups excluding tert-OH is 1. The molecule has 0 atom stereocenters. The Hall–Kier alpha value is -2.01. The quantitative estimate of drug-likeness (QED) is 0.864. The van der Waals surface area contributed by atoms with Gasteiger partial charge in [0.1, 0.15) is 5.57 Å². The summed E-state index contributed by atoms with van der Waals surface area (Å²) in [5.74, 6) is -1.75. The van der Waals surface area contributed by atoms with Crippen LogP contribution in [0.5, 0.6) is 0 Å². The van der Waals surface area contributed by atoms with Gasteiger partial charge in [-0.05, 0) is 24.6 Å². The van der Waals surface area contributed by atoms with Crippen LogP contribution in [-0.4, -0.2) is 35.0 Å². The van der Waals surface area contributed by atoms with E-state index in [9.17, 15) is 14.7 Å². The Morgan fingerprint density at radius 3 is 2.65 bits per heavy atom. The third kappa shape index (κ3) is 2.93. The molecule has 0 aliphatic carbocycles. The lowest BCUT2D eigenvalue weighted by Crippen LogP contribution is -2.27. The van der Waals surface area contributed by atoms with Gasteiger partial charge in [-0.25, -0.2) is 4.79 Å². The fraction of sp³-hybridized carbons (Fsp3) is 0.286. The maximum Gasteiger partial charge on any atom is 0.339 e. The number of hydrogen-bond donors (Lipinski definition) is 1. The van der Waals surface area contributed by atoms with Crippen LogP contribution in [0.4, 0.5) is 0 Å². The zero-order chi connectivity index (χ0) is 14.7. The molecule has 1 aromatic rings. The number of rotatable bonds is 4. The lowest BCUT2D eigenvalue weighted by Gasteiger charge is -2.16. The largest absolute Gasteiger partial charge is 0.503 e. The normalized spacial score (nSPS) is 14.9. The van der Waals surface area contributed by atoms with Crippen molar-refractivity contribution < 1.29 is 19.4 Å². The van der Waals surface area contributed by atoms with Crippen molar-refractivity contribution in [2.24, 2.45) is 0 Å². The van der Waals surface area contributed by atoms with E-state index in [0.29, 0.717) is 11.6 Å². The fourth-order valence-corrected chi connectivity index (χ4v) is 2.06. The predicted octanol–water partition coefficient (Wildman–Crippen LogP) is 2.06. The molecule has 1 amide bonds. The molecule has 6 heteroatoms. The van der Waals surface area contributed by atoms with Crippen molar-refractivity contribution in [2.45, 2.75) is 13.5 Å². The van der Waals surface area contributed by atoms with Gasteiger partial charge in [0.2, 0.25) is 0 Å². The molecule has 0 saturated carbocycles. The minimum Gasteiger partial charge on any atom is -0.503 e. The molecule has 20 heavy (non-hydrogen) atoms. The van der Waals surface area contributed by atoms with E-state index in [4.69, 9.17) is 16.3 Å². The Labute approximate surface area is 121 Å². The summed E-state index contributed by atoms with van der Waals surface area (Å²) in [4.78, 5) is 24.9. The molecule has 0 radical (unpaired) electrons. The van der Waals surface area contributed by atoms with Gasteiger partial charge in [-0.15, -0.1) is 0 Å². The summed E-state index contributed by atoms with van der Waals surface area (Å²) >= 11 is 5.79. The van der Waals surface area contributed by atoms with Crippen LogP contribution in [-0.2, 0) is 20.9 Å². The molecule has 1 aliphatic heterocycles. The molecule has 1 heterocycles. The van der Waals surface area contributed by atoms with Crippen LogP contribution < -0.4 is 0 Å². The SMILES string of the molecule is CCOC(=O)C1=C(O)C(=O)N(Cc2ccc(Cl)cc2)C1. The first kappa shape index (κ1) is 14.4. The van der Waals surface area contributed by atoms with Crippen LogP contribution in [0, 0.1) is 0 Å². The van der Waals surface area contributed by atoms with Gasteiger partial charge in [0.15, 0.2) is 5.76 Å². The second-order valence-electron chi connectivity index (χ2n) is 4.34. The van der Waals surface area contributed by atoms with Gasteiger partial charge in [0, 0.05) is 11.6 Å². The highest BCUT2D eigenvalue weighted by Crippen LogP contribution is 2.21. The van der Waals surface area contributed by atoms with E-state index in [-0.39, 0.29) is 18.7 Å². The number of halogens is 1. The summed E-state index contributed by atoms with van der Waals surface area (Å²) < 4.78 is 4.81. The number of carbonyl (C=O) groups excluding carboxylic acids is 2. The molecular formula is C14H14ClNO4. The predicted molar refractivity (Wildman–Crippen MR) is 73.2 cm³/mol. The Morgan fingerprint density at radius 1 is 1.40 bits per heavy atom. The molecule has 0 unspecified atom stereocenters. The summed E-state index contributed by atoms with van der Waals surface area (Å²) in [6.07, 6.45) is 0. The van der Waals surface area contributed by atoms with Gasteiger partial charge < -0.3 is 14.7 Å². The van der Waals surface area contributed by atoms with Crippen molar-refractivity contribution in [2.75, 3.05) is 13.2 Å². The number of aliphatic hydroxyl groups is 1. The fourth-order valence-electron chi connectivity index (χ4n) is 1.93. The number of benzene rings is 1. The molecule has 2 rings (SSSR count). The summed E-state index contributed by atoms with van der Waals surface area (Å²) in [6.45, 7) is 2.20. The standard InChI is InChI=1S/C14H14ClNO4/c1-2-20-14(19)11-8-16(13(18)12(11)17)7-9-3-5-10(15)6-4-9/h3-6,17H,2,7-8H2,1H3. The van der Waals surface area contributed by atoms with Crippen LogP contribution in [0.25, 0.3) is 0 Å². The molecule has 1 N–H and O–H groups in total. The molecule has 1 aromatic carbocycles. The van der Waals surface area contributed by atoms with Gasteiger partial charge in [-0.1, -0.05) is 23.7 Å². The highest BCUT2D eigenvalue weighted by molar-refractivity contribution is 6.30. The topological polar surface area (TPSA) is 66.8 Å². The van der Waals surface area contributed by atoms with E-state index in [0.717, 1.165) is 5.56 Å². The monoisotopic (exact) mass is 295 g/mol. The molecule has 1 aliphatic rings. The van der Waals surface area contributed by atoms with Crippen LogP contribution in [0.3, 0.4) is 0 Å². The van der Waals surface area contributed by atoms with E-state index in [2.05, 4.69) is 0 Å². The highest BCUT2D eigenvalue weighted by atomic mass is 35.5. The number of hydrogen-bond acceptors (Lipinski definition) is 4. The first-order chi connectivity index (χ1) is 9.52.